The average molecular weight is 312 g/mol. The summed E-state index contributed by atoms with van der Waals surface area (Å²) in [6.45, 7) is 2.33. The van der Waals surface area contributed by atoms with Crippen LogP contribution in [0, 0.1) is 0 Å². The molecule has 0 aromatic heterocycles. The van der Waals surface area contributed by atoms with Crippen molar-refractivity contribution in [2.75, 3.05) is 12.4 Å². The maximum Gasteiger partial charge on any atom is 0.184 e. The van der Waals surface area contributed by atoms with Crippen molar-refractivity contribution in [3.63, 3.8) is 0 Å². The quantitative estimate of drug-likeness (QED) is 0.877. The molecule has 2 saturated heterocycles. The summed E-state index contributed by atoms with van der Waals surface area (Å²) >= 11 is 1.47. The van der Waals surface area contributed by atoms with Gasteiger partial charge in [-0.25, -0.2) is 0 Å². The number of rotatable bonds is 3. The van der Waals surface area contributed by atoms with Gasteiger partial charge in [0.1, 0.15) is 29.9 Å². The van der Waals surface area contributed by atoms with E-state index in [1.807, 2.05) is 37.3 Å². The fourth-order valence-electron chi connectivity index (χ4n) is 2.66. The molecular weight excluding hydrogens is 292 g/mol. The number of aliphatic hydroxyl groups is 2. The number of benzene rings is 1. The van der Waals surface area contributed by atoms with E-state index in [1.54, 1.807) is 0 Å². The van der Waals surface area contributed by atoms with Crippen molar-refractivity contribution in [2.45, 2.75) is 43.1 Å². The molecule has 0 bridgehead atoms. The molecule has 2 N–H and O–H groups in total. The van der Waals surface area contributed by atoms with Gasteiger partial charge in [-0.05, 0) is 5.75 Å². The minimum Gasteiger partial charge on any atom is -0.387 e. The van der Waals surface area contributed by atoms with Gasteiger partial charge in [0.25, 0.3) is 0 Å². The number of ether oxygens (including phenoxy) is 3. The maximum absolute atomic E-state index is 10.3. The van der Waals surface area contributed by atoms with Crippen molar-refractivity contribution < 1.29 is 24.4 Å². The van der Waals surface area contributed by atoms with Crippen LogP contribution in [0.5, 0.6) is 0 Å². The van der Waals surface area contributed by atoms with E-state index in [1.165, 1.54) is 11.8 Å². The van der Waals surface area contributed by atoms with Gasteiger partial charge in [-0.3, -0.25) is 0 Å². The molecular formula is C15H20O5S. The van der Waals surface area contributed by atoms with Crippen LogP contribution in [0.25, 0.3) is 0 Å². The molecule has 0 amide bonds. The second-order valence-corrected chi connectivity index (χ2v) is 6.53. The Morgan fingerprint density at radius 1 is 1.14 bits per heavy atom. The lowest BCUT2D eigenvalue weighted by Gasteiger charge is -2.46. The predicted octanol–water partition coefficient (Wildman–Crippen LogP) is 1.30. The van der Waals surface area contributed by atoms with E-state index in [4.69, 9.17) is 14.2 Å². The molecule has 1 unspecified atom stereocenters. The molecule has 0 radical (unpaired) electrons. The summed E-state index contributed by atoms with van der Waals surface area (Å²) in [5, 5.41) is 20.5. The second-order valence-electron chi connectivity index (χ2n) is 5.16. The molecule has 2 heterocycles. The van der Waals surface area contributed by atoms with Gasteiger partial charge in [-0.15, -0.1) is 11.8 Å². The van der Waals surface area contributed by atoms with Crippen LogP contribution in [0.4, 0.5) is 0 Å². The molecule has 1 aromatic carbocycles. The molecule has 0 saturated carbocycles. The van der Waals surface area contributed by atoms with Crippen LogP contribution in [-0.2, 0) is 14.2 Å². The van der Waals surface area contributed by atoms with E-state index < -0.39 is 30.0 Å². The Hall–Kier alpha value is -0.630. The van der Waals surface area contributed by atoms with Crippen molar-refractivity contribution in [3.8, 4) is 0 Å². The molecule has 0 spiro atoms. The predicted molar refractivity (Wildman–Crippen MR) is 78.8 cm³/mol. The van der Waals surface area contributed by atoms with Gasteiger partial charge in [-0.2, -0.15) is 0 Å². The number of hydrogen-bond acceptors (Lipinski definition) is 6. The van der Waals surface area contributed by atoms with Crippen molar-refractivity contribution >= 4 is 11.8 Å². The molecule has 1 aromatic rings. The van der Waals surface area contributed by atoms with Crippen LogP contribution in [0.15, 0.2) is 30.3 Å². The highest BCUT2D eigenvalue weighted by Gasteiger charge is 2.48. The summed E-state index contributed by atoms with van der Waals surface area (Å²) in [4.78, 5) is 0. The first-order valence-electron chi connectivity index (χ1n) is 7.16. The van der Waals surface area contributed by atoms with E-state index in [9.17, 15) is 10.2 Å². The third kappa shape index (κ3) is 3.11. The highest BCUT2D eigenvalue weighted by molar-refractivity contribution is 7.99. The molecule has 2 fully saturated rings. The van der Waals surface area contributed by atoms with Crippen molar-refractivity contribution in [2.24, 2.45) is 0 Å². The van der Waals surface area contributed by atoms with Crippen LogP contribution in [-0.4, -0.2) is 52.4 Å². The molecule has 21 heavy (non-hydrogen) atoms. The maximum atomic E-state index is 10.3. The third-order valence-corrected chi connectivity index (χ3v) is 4.79. The van der Waals surface area contributed by atoms with Crippen molar-refractivity contribution in [1.82, 2.24) is 0 Å². The fourth-order valence-corrected chi connectivity index (χ4v) is 3.57. The summed E-state index contributed by atoms with van der Waals surface area (Å²) < 4.78 is 17.3. The van der Waals surface area contributed by atoms with E-state index in [0.29, 0.717) is 6.61 Å². The largest absolute Gasteiger partial charge is 0.387 e. The monoisotopic (exact) mass is 312 g/mol. The van der Waals surface area contributed by atoms with Gasteiger partial charge in [0.2, 0.25) is 0 Å². The SMILES string of the molecule is CCS[C@@H]1O[C@@H]2COC(c3ccccc3)O[C@@H]2[C@H](O)[C@H]1O. The number of hydrogen-bond donors (Lipinski definition) is 2. The molecule has 116 valence electrons. The van der Waals surface area contributed by atoms with Crippen LogP contribution in [0.3, 0.4) is 0 Å². The van der Waals surface area contributed by atoms with Gasteiger partial charge in [0, 0.05) is 5.56 Å². The second kappa shape index (κ2) is 6.64. The standard InChI is InChI=1S/C15H20O5S/c1-2-21-15-12(17)11(16)13-10(19-15)8-18-14(20-13)9-6-4-3-5-7-9/h3-7,10-17H,2,8H2,1H3/t10-,11-,12-,13+,14?,15+/m1/s1. The van der Waals surface area contributed by atoms with Gasteiger partial charge >= 0.3 is 0 Å². The molecule has 0 aliphatic carbocycles. The number of fused-ring (bicyclic) bond motifs is 1. The first-order valence-corrected chi connectivity index (χ1v) is 8.20. The zero-order valence-corrected chi connectivity index (χ0v) is 12.6. The highest BCUT2D eigenvalue weighted by atomic mass is 32.2. The smallest absolute Gasteiger partial charge is 0.184 e. The minimum atomic E-state index is -0.970. The van der Waals surface area contributed by atoms with Gasteiger partial charge in [-0.1, -0.05) is 37.3 Å². The lowest BCUT2D eigenvalue weighted by molar-refractivity contribution is -0.318. The fraction of sp³-hybridized carbons (Fsp3) is 0.600. The number of aliphatic hydroxyl groups excluding tert-OH is 2. The first kappa shape index (κ1) is 15.3. The van der Waals surface area contributed by atoms with Crippen LogP contribution < -0.4 is 0 Å². The van der Waals surface area contributed by atoms with E-state index in [2.05, 4.69) is 0 Å². The summed E-state index contributed by atoms with van der Waals surface area (Å²) in [7, 11) is 0. The van der Waals surface area contributed by atoms with Gasteiger partial charge in [0.05, 0.1) is 6.61 Å². The van der Waals surface area contributed by atoms with E-state index in [-0.39, 0.29) is 6.10 Å². The molecule has 6 atom stereocenters. The molecule has 3 rings (SSSR count). The van der Waals surface area contributed by atoms with E-state index >= 15 is 0 Å². The Bertz CT molecular complexity index is 455. The van der Waals surface area contributed by atoms with Crippen molar-refractivity contribution in [1.29, 1.82) is 0 Å². The third-order valence-electron chi connectivity index (χ3n) is 3.74. The summed E-state index contributed by atoms with van der Waals surface area (Å²) in [5.74, 6) is 0.806. The lowest BCUT2D eigenvalue weighted by atomic mass is 9.99. The zero-order valence-electron chi connectivity index (χ0n) is 11.8. The summed E-state index contributed by atoms with van der Waals surface area (Å²) in [6, 6.07) is 9.56. The van der Waals surface area contributed by atoms with Crippen LogP contribution in [0.1, 0.15) is 18.8 Å². The first-order chi connectivity index (χ1) is 10.2. The Balaban J connectivity index is 1.71. The van der Waals surface area contributed by atoms with Crippen LogP contribution >= 0.6 is 11.8 Å². The lowest BCUT2D eigenvalue weighted by Crippen LogP contribution is -2.60. The molecule has 2 aliphatic heterocycles. The Labute approximate surface area is 128 Å². The molecule has 2 aliphatic rings. The molecule has 5 nitrogen and oxygen atoms in total. The Morgan fingerprint density at radius 2 is 1.90 bits per heavy atom. The Morgan fingerprint density at radius 3 is 2.62 bits per heavy atom. The topological polar surface area (TPSA) is 68.2 Å². The van der Waals surface area contributed by atoms with Gasteiger partial charge in [0.15, 0.2) is 6.29 Å². The minimum absolute atomic E-state index is 0.342. The summed E-state index contributed by atoms with van der Waals surface area (Å²) in [6.07, 6.45) is -3.39. The van der Waals surface area contributed by atoms with Gasteiger partial charge < -0.3 is 24.4 Å². The zero-order chi connectivity index (χ0) is 14.8. The van der Waals surface area contributed by atoms with Crippen LogP contribution in [0.2, 0.25) is 0 Å². The van der Waals surface area contributed by atoms with E-state index in [0.717, 1.165) is 11.3 Å². The normalized spacial score (nSPS) is 39.8. The highest BCUT2D eigenvalue weighted by Crippen LogP contribution is 2.36. The number of thioether (sulfide) groups is 1. The van der Waals surface area contributed by atoms with Crippen molar-refractivity contribution in [3.05, 3.63) is 35.9 Å². The molecule has 6 heteroatoms. The average Bonchev–Trinajstić information content (AvgIpc) is 2.53. The Kier molecular flexibility index (Phi) is 4.83. The summed E-state index contributed by atoms with van der Waals surface area (Å²) in [5.41, 5.74) is 0.453.